The number of sulfone groups is 1. The van der Waals surface area contributed by atoms with Gasteiger partial charge in [0.05, 0.1) is 29.0 Å². The Morgan fingerprint density at radius 3 is 2.77 bits per heavy atom. The molecule has 9 heteroatoms. The highest BCUT2D eigenvalue weighted by molar-refractivity contribution is 8.00. The van der Waals surface area contributed by atoms with E-state index in [2.05, 4.69) is 16.9 Å². The van der Waals surface area contributed by atoms with E-state index in [0.29, 0.717) is 29.6 Å². The molecular weight excluding hydrogens is 434 g/mol. The maximum absolute atomic E-state index is 13.1. The molecule has 2 aromatic heterocycles. The molecule has 1 saturated heterocycles. The summed E-state index contributed by atoms with van der Waals surface area (Å²) in [5.74, 6) is 1.40. The zero-order valence-corrected chi connectivity index (χ0v) is 19.0. The normalized spacial score (nSPS) is 17.8. The molecule has 1 aliphatic heterocycles. The minimum absolute atomic E-state index is 0.0530. The first kappa shape index (κ1) is 21.8. The highest BCUT2D eigenvalue weighted by Gasteiger charge is 2.34. The van der Waals surface area contributed by atoms with Crippen molar-refractivity contribution in [3.8, 4) is 11.6 Å². The van der Waals surface area contributed by atoms with Crippen molar-refractivity contribution in [3.05, 3.63) is 42.7 Å². The number of benzene rings is 1. The predicted octanol–water partition coefficient (Wildman–Crippen LogP) is 3.80. The lowest BCUT2D eigenvalue weighted by Gasteiger charge is -2.28. The van der Waals surface area contributed by atoms with Crippen LogP contribution in [0.1, 0.15) is 26.2 Å². The molecule has 0 aliphatic carbocycles. The fourth-order valence-electron chi connectivity index (χ4n) is 3.75. The summed E-state index contributed by atoms with van der Waals surface area (Å²) >= 11 is 1.36. The van der Waals surface area contributed by atoms with Gasteiger partial charge in [0.25, 0.3) is 0 Å². The van der Waals surface area contributed by atoms with Gasteiger partial charge < -0.3 is 9.32 Å². The number of rotatable bonds is 8. The minimum Gasteiger partial charge on any atom is -0.461 e. The van der Waals surface area contributed by atoms with Crippen molar-refractivity contribution >= 4 is 38.4 Å². The number of hydrogen-bond donors (Lipinski definition) is 0. The molecule has 0 bridgehead atoms. The minimum atomic E-state index is -3.06. The first-order chi connectivity index (χ1) is 15.0. The Labute approximate surface area is 186 Å². The van der Waals surface area contributed by atoms with Crippen LogP contribution in [0.15, 0.2) is 52.1 Å². The number of thioether (sulfide) groups is 1. The van der Waals surface area contributed by atoms with Crippen LogP contribution in [-0.4, -0.2) is 59.0 Å². The largest absolute Gasteiger partial charge is 0.461 e. The third-order valence-corrected chi connectivity index (χ3v) is 8.09. The van der Waals surface area contributed by atoms with Crippen LogP contribution in [0.3, 0.4) is 0 Å². The number of furan rings is 1. The Bertz CT molecular complexity index is 1160. The summed E-state index contributed by atoms with van der Waals surface area (Å²) in [5, 5.41) is 1.58. The molecule has 31 heavy (non-hydrogen) atoms. The van der Waals surface area contributed by atoms with Crippen molar-refractivity contribution in [2.75, 3.05) is 23.8 Å². The lowest BCUT2D eigenvalue weighted by Crippen LogP contribution is -2.42. The Morgan fingerprint density at radius 1 is 1.23 bits per heavy atom. The van der Waals surface area contributed by atoms with Crippen molar-refractivity contribution in [1.82, 2.24) is 14.9 Å². The van der Waals surface area contributed by atoms with Gasteiger partial charge in [-0.3, -0.25) is 4.79 Å². The van der Waals surface area contributed by atoms with E-state index in [1.54, 1.807) is 23.3 Å². The Hall–Kier alpha value is -2.39. The molecule has 0 radical (unpaired) electrons. The summed E-state index contributed by atoms with van der Waals surface area (Å²) in [4.78, 5) is 24.1. The monoisotopic (exact) mass is 459 g/mol. The number of aromatic nitrogens is 2. The van der Waals surface area contributed by atoms with Gasteiger partial charge in [0.15, 0.2) is 21.4 Å². The summed E-state index contributed by atoms with van der Waals surface area (Å²) in [6, 6.07) is 11.0. The molecule has 0 saturated carbocycles. The van der Waals surface area contributed by atoms with E-state index in [9.17, 15) is 13.2 Å². The lowest BCUT2D eigenvalue weighted by atomic mass is 10.2. The second kappa shape index (κ2) is 9.40. The first-order valence-electron chi connectivity index (χ1n) is 10.4. The second-order valence-electron chi connectivity index (χ2n) is 7.63. The number of para-hydroxylation sites is 1. The molecule has 164 valence electrons. The Morgan fingerprint density at radius 2 is 2.06 bits per heavy atom. The van der Waals surface area contributed by atoms with Gasteiger partial charge in [0.1, 0.15) is 5.03 Å². The third-order valence-electron chi connectivity index (χ3n) is 5.36. The summed E-state index contributed by atoms with van der Waals surface area (Å²) in [5.41, 5.74) is 0.781. The SMILES string of the molecule is CCCCN(C(=O)CSc1nc(-c2ccco2)nc2ccccc12)C1CCS(=O)(=O)C1. The molecular formula is C22H25N3O4S2. The average molecular weight is 460 g/mol. The van der Waals surface area contributed by atoms with Crippen LogP contribution in [0.25, 0.3) is 22.5 Å². The number of nitrogens with zero attached hydrogens (tertiary/aromatic N) is 3. The maximum atomic E-state index is 13.1. The summed E-state index contributed by atoms with van der Waals surface area (Å²) in [6.07, 6.45) is 3.89. The van der Waals surface area contributed by atoms with Gasteiger partial charge >= 0.3 is 0 Å². The van der Waals surface area contributed by atoms with Crippen LogP contribution in [0.2, 0.25) is 0 Å². The summed E-state index contributed by atoms with van der Waals surface area (Å²) in [6.45, 7) is 2.64. The van der Waals surface area contributed by atoms with E-state index in [1.807, 2.05) is 24.3 Å². The van der Waals surface area contributed by atoms with E-state index in [-0.39, 0.29) is 29.2 Å². The molecule has 0 N–H and O–H groups in total. The number of unbranched alkanes of at least 4 members (excludes halogenated alkanes) is 1. The van der Waals surface area contributed by atoms with E-state index >= 15 is 0 Å². The third kappa shape index (κ3) is 5.10. The van der Waals surface area contributed by atoms with Crippen molar-refractivity contribution in [2.45, 2.75) is 37.3 Å². The molecule has 1 atom stereocenters. The molecule has 7 nitrogen and oxygen atoms in total. The van der Waals surface area contributed by atoms with Gasteiger partial charge in [0, 0.05) is 18.0 Å². The van der Waals surface area contributed by atoms with Crippen molar-refractivity contribution in [1.29, 1.82) is 0 Å². The van der Waals surface area contributed by atoms with Crippen LogP contribution in [0.4, 0.5) is 0 Å². The van der Waals surface area contributed by atoms with Crippen molar-refractivity contribution in [3.63, 3.8) is 0 Å². The standard InChI is InChI=1S/C22H25N3O4S2/c1-2-3-11-25(16-10-13-31(27,28)15-16)20(26)14-30-22-17-7-4-5-8-18(17)23-21(24-22)19-9-6-12-29-19/h4-9,12,16H,2-3,10-11,13-15H2,1H3. The molecule has 1 amide bonds. The topological polar surface area (TPSA) is 93.4 Å². The highest BCUT2D eigenvalue weighted by atomic mass is 32.2. The second-order valence-corrected chi connectivity index (χ2v) is 10.8. The molecule has 3 aromatic rings. The van der Waals surface area contributed by atoms with Gasteiger partial charge in [-0.05, 0) is 31.0 Å². The number of fused-ring (bicyclic) bond motifs is 1. The Balaban J connectivity index is 1.56. The summed E-state index contributed by atoms with van der Waals surface area (Å²) < 4.78 is 29.3. The molecule has 4 rings (SSSR count). The quantitative estimate of drug-likeness (QED) is 0.374. The van der Waals surface area contributed by atoms with Gasteiger partial charge in [0.2, 0.25) is 5.91 Å². The van der Waals surface area contributed by atoms with Gasteiger partial charge in [-0.15, -0.1) is 0 Å². The highest BCUT2D eigenvalue weighted by Crippen LogP contribution is 2.29. The number of carbonyl (C=O) groups is 1. The van der Waals surface area contributed by atoms with Crippen LogP contribution in [-0.2, 0) is 14.6 Å². The van der Waals surface area contributed by atoms with E-state index in [0.717, 1.165) is 23.7 Å². The summed E-state index contributed by atoms with van der Waals surface area (Å²) in [7, 11) is -3.06. The van der Waals surface area contributed by atoms with Crippen molar-refractivity contribution < 1.29 is 17.6 Å². The fraction of sp³-hybridized carbons (Fsp3) is 0.409. The van der Waals surface area contributed by atoms with Crippen LogP contribution < -0.4 is 0 Å². The first-order valence-corrected chi connectivity index (χ1v) is 13.2. The van der Waals surface area contributed by atoms with E-state index in [1.165, 1.54) is 11.8 Å². The maximum Gasteiger partial charge on any atom is 0.233 e. The molecule has 1 fully saturated rings. The van der Waals surface area contributed by atoms with Crippen LogP contribution in [0.5, 0.6) is 0 Å². The van der Waals surface area contributed by atoms with Gasteiger partial charge in [-0.25, -0.2) is 18.4 Å². The van der Waals surface area contributed by atoms with Crippen LogP contribution in [0, 0.1) is 0 Å². The van der Waals surface area contributed by atoms with Gasteiger partial charge in [-0.1, -0.05) is 43.3 Å². The number of hydrogen-bond acceptors (Lipinski definition) is 7. The lowest BCUT2D eigenvalue weighted by molar-refractivity contribution is -0.130. The molecule has 1 unspecified atom stereocenters. The zero-order valence-electron chi connectivity index (χ0n) is 17.4. The van der Waals surface area contributed by atoms with Crippen LogP contribution >= 0.6 is 11.8 Å². The predicted molar refractivity (Wildman–Crippen MR) is 122 cm³/mol. The number of carbonyl (C=O) groups excluding carboxylic acids is 1. The molecule has 0 spiro atoms. The van der Waals surface area contributed by atoms with Crippen molar-refractivity contribution in [2.24, 2.45) is 0 Å². The number of amides is 1. The van der Waals surface area contributed by atoms with Gasteiger partial charge in [-0.2, -0.15) is 0 Å². The smallest absolute Gasteiger partial charge is 0.233 e. The molecule has 3 heterocycles. The fourth-order valence-corrected chi connectivity index (χ4v) is 6.38. The average Bonchev–Trinajstić information content (AvgIpc) is 3.42. The van der Waals surface area contributed by atoms with E-state index in [4.69, 9.17) is 4.42 Å². The molecule has 1 aromatic carbocycles. The Kier molecular flexibility index (Phi) is 6.62. The molecule has 1 aliphatic rings. The van der Waals surface area contributed by atoms with E-state index < -0.39 is 9.84 Å². The zero-order chi connectivity index (χ0) is 21.8.